The summed E-state index contributed by atoms with van der Waals surface area (Å²) in [7, 11) is 0. The van der Waals surface area contributed by atoms with Gasteiger partial charge in [-0.05, 0) is 56.4 Å². The van der Waals surface area contributed by atoms with Crippen LogP contribution in [0.2, 0.25) is 0 Å². The fourth-order valence-electron chi connectivity index (χ4n) is 5.05. The van der Waals surface area contributed by atoms with Gasteiger partial charge < -0.3 is 5.32 Å². The third-order valence-corrected chi connectivity index (χ3v) is 6.31. The molecule has 0 radical (unpaired) electrons. The molecule has 1 N–H and O–H groups in total. The summed E-state index contributed by atoms with van der Waals surface area (Å²) in [6.07, 6.45) is 6.02. The lowest BCUT2D eigenvalue weighted by Crippen LogP contribution is -2.41. The van der Waals surface area contributed by atoms with Crippen LogP contribution in [0.3, 0.4) is 0 Å². The van der Waals surface area contributed by atoms with Crippen molar-refractivity contribution < 1.29 is 4.79 Å². The number of benzene rings is 1. The average Bonchev–Trinajstić information content (AvgIpc) is 3.27. The van der Waals surface area contributed by atoms with Gasteiger partial charge >= 0.3 is 0 Å². The van der Waals surface area contributed by atoms with E-state index >= 15 is 0 Å². The molecule has 2 bridgehead atoms. The second-order valence-corrected chi connectivity index (χ2v) is 8.02. The molecule has 26 heavy (non-hydrogen) atoms. The highest BCUT2D eigenvalue weighted by Gasteiger charge is 2.42. The molecule has 138 valence electrons. The van der Waals surface area contributed by atoms with Crippen LogP contribution >= 0.6 is 0 Å². The SMILES string of the molecule is CCCn1nc(C(=O)N[C@H](C)[C@H]2C[C@H]3CC[C@H]2C3)c2ccccc2c1=O. The number of hydrogen-bond acceptors (Lipinski definition) is 3. The van der Waals surface area contributed by atoms with Crippen LogP contribution < -0.4 is 10.9 Å². The van der Waals surface area contributed by atoms with Crippen molar-refractivity contribution in [2.45, 2.75) is 58.5 Å². The maximum Gasteiger partial charge on any atom is 0.274 e. The number of fused-ring (bicyclic) bond motifs is 3. The van der Waals surface area contributed by atoms with Gasteiger partial charge in [0, 0.05) is 18.0 Å². The Hall–Kier alpha value is -2.17. The normalized spacial score (nSPS) is 25.5. The lowest BCUT2D eigenvalue weighted by molar-refractivity contribution is 0.0909. The summed E-state index contributed by atoms with van der Waals surface area (Å²) >= 11 is 0. The molecular formula is C21H27N3O2. The van der Waals surface area contributed by atoms with E-state index in [0.717, 1.165) is 18.3 Å². The molecule has 4 rings (SSSR count). The van der Waals surface area contributed by atoms with Crippen molar-refractivity contribution in [1.29, 1.82) is 0 Å². The Balaban J connectivity index is 1.63. The van der Waals surface area contributed by atoms with Gasteiger partial charge in [0.2, 0.25) is 0 Å². The second-order valence-electron chi connectivity index (χ2n) is 8.02. The zero-order chi connectivity index (χ0) is 18.3. The fraction of sp³-hybridized carbons (Fsp3) is 0.571. The highest BCUT2D eigenvalue weighted by atomic mass is 16.2. The number of amides is 1. The third-order valence-electron chi connectivity index (χ3n) is 6.31. The van der Waals surface area contributed by atoms with Crippen LogP contribution in [-0.2, 0) is 6.54 Å². The maximum absolute atomic E-state index is 13.0. The first kappa shape index (κ1) is 17.3. The van der Waals surface area contributed by atoms with E-state index < -0.39 is 0 Å². The van der Waals surface area contributed by atoms with Gasteiger partial charge in [0.05, 0.1) is 5.39 Å². The summed E-state index contributed by atoms with van der Waals surface area (Å²) in [5.41, 5.74) is 0.240. The summed E-state index contributed by atoms with van der Waals surface area (Å²) in [5, 5.41) is 8.80. The van der Waals surface area contributed by atoms with Gasteiger partial charge in [0.15, 0.2) is 5.69 Å². The first-order valence-corrected chi connectivity index (χ1v) is 9.89. The third kappa shape index (κ3) is 2.93. The molecule has 1 heterocycles. The molecule has 4 atom stereocenters. The van der Waals surface area contributed by atoms with E-state index in [1.54, 1.807) is 6.07 Å². The van der Waals surface area contributed by atoms with Gasteiger partial charge in [-0.25, -0.2) is 4.68 Å². The quantitative estimate of drug-likeness (QED) is 0.896. The summed E-state index contributed by atoms with van der Waals surface area (Å²) in [6, 6.07) is 7.42. The van der Waals surface area contributed by atoms with E-state index in [1.807, 2.05) is 25.1 Å². The monoisotopic (exact) mass is 353 g/mol. The Labute approximate surface area is 153 Å². The lowest BCUT2D eigenvalue weighted by Gasteiger charge is -2.28. The van der Waals surface area contributed by atoms with Gasteiger partial charge in [-0.1, -0.05) is 31.5 Å². The van der Waals surface area contributed by atoms with Crippen molar-refractivity contribution in [3.05, 3.63) is 40.3 Å². The molecule has 0 aliphatic heterocycles. The molecule has 5 heteroatoms. The minimum absolute atomic E-state index is 0.125. The minimum Gasteiger partial charge on any atom is -0.348 e. The molecule has 2 aromatic rings. The van der Waals surface area contributed by atoms with Gasteiger partial charge in [-0.3, -0.25) is 9.59 Å². The minimum atomic E-state index is -0.165. The lowest BCUT2D eigenvalue weighted by atomic mass is 9.84. The molecule has 2 aliphatic carbocycles. The Morgan fingerprint density at radius 2 is 2.04 bits per heavy atom. The number of nitrogens with zero attached hydrogens (tertiary/aromatic N) is 2. The molecule has 0 unspecified atom stereocenters. The summed E-state index contributed by atoms with van der Waals surface area (Å²) in [4.78, 5) is 25.6. The van der Waals surface area contributed by atoms with E-state index in [9.17, 15) is 9.59 Å². The van der Waals surface area contributed by atoms with Crippen molar-refractivity contribution >= 4 is 16.7 Å². The predicted molar refractivity (Wildman–Crippen MR) is 102 cm³/mol. The predicted octanol–water partition coefficient (Wildman–Crippen LogP) is 3.36. The number of rotatable bonds is 5. The van der Waals surface area contributed by atoms with Crippen LogP contribution in [0.15, 0.2) is 29.1 Å². The first-order valence-electron chi connectivity index (χ1n) is 9.89. The molecule has 2 fully saturated rings. The fourth-order valence-corrected chi connectivity index (χ4v) is 5.05. The Kier molecular flexibility index (Phi) is 4.55. The van der Waals surface area contributed by atoms with Crippen LogP contribution in [0.25, 0.3) is 10.8 Å². The van der Waals surface area contributed by atoms with Crippen LogP contribution in [0.5, 0.6) is 0 Å². The van der Waals surface area contributed by atoms with Gasteiger partial charge in [-0.2, -0.15) is 5.10 Å². The first-order chi connectivity index (χ1) is 12.6. The highest BCUT2D eigenvalue weighted by molar-refractivity contribution is 6.04. The summed E-state index contributed by atoms with van der Waals surface area (Å²) in [6.45, 7) is 4.64. The standard InChI is InChI=1S/C21H27N3O2/c1-3-10-24-21(26)17-7-5-4-6-16(17)19(23-24)20(25)22-13(2)18-12-14-8-9-15(18)11-14/h4-7,13-15,18H,3,8-12H2,1-2H3,(H,22,25)/t13-,14+,15+,18-/m1/s1. The van der Waals surface area contributed by atoms with E-state index in [-0.39, 0.29) is 17.5 Å². The number of aryl methyl sites for hydroxylation is 1. The number of carbonyl (C=O) groups excluding carboxylic acids is 1. The van der Waals surface area contributed by atoms with Gasteiger partial charge in [-0.15, -0.1) is 0 Å². The van der Waals surface area contributed by atoms with Crippen molar-refractivity contribution in [2.75, 3.05) is 0 Å². The topological polar surface area (TPSA) is 64.0 Å². The summed E-state index contributed by atoms with van der Waals surface area (Å²) < 4.78 is 1.43. The Morgan fingerprint density at radius 3 is 2.69 bits per heavy atom. The molecule has 2 aliphatic rings. The van der Waals surface area contributed by atoms with E-state index in [2.05, 4.69) is 17.3 Å². The Bertz CT molecular complexity index is 888. The van der Waals surface area contributed by atoms with Crippen molar-refractivity contribution in [1.82, 2.24) is 15.1 Å². The van der Waals surface area contributed by atoms with E-state index in [1.165, 1.54) is 30.4 Å². The van der Waals surface area contributed by atoms with E-state index in [0.29, 0.717) is 28.9 Å². The summed E-state index contributed by atoms with van der Waals surface area (Å²) in [5.74, 6) is 2.02. The van der Waals surface area contributed by atoms with Crippen LogP contribution in [0, 0.1) is 17.8 Å². The highest BCUT2D eigenvalue weighted by Crippen LogP contribution is 2.49. The molecule has 1 amide bonds. The molecule has 5 nitrogen and oxygen atoms in total. The average molecular weight is 353 g/mol. The van der Waals surface area contributed by atoms with Crippen LogP contribution in [-0.4, -0.2) is 21.7 Å². The number of nitrogens with one attached hydrogen (secondary N) is 1. The molecule has 0 spiro atoms. The molecule has 0 saturated heterocycles. The largest absolute Gasteiger partial charge is 0.348 e. The van der Waals surface area contributed by atoms with Crippen LogP contribution in [0.4, 0.5) is 0 Å². The number of hydrogen-bond donors (Lipinski definition) is 1. The smallest absolute Gasteiger partial charge is 0.274 e. The second kappa shape index (κ2) is 6.86. The van der Waals surface area contributed by atoms with Gasteiger partial charge in [0.1, 0.15) is 0 Å². The molecule has 1 aromatic heterocycles. The molecule has 1 aromatic carbocycles. The zero-order valence-corrected chi connectivity index (χ0v) is 15.6. The molecule has 2 saturated carbocycles. The van der Waals surface area contributed by atoms with Crippen LogP contribution in [0.1, 0.15) is 56.4 Å². The Morgan fingerprint density at radius 1 is 1.27 bits per heavy atom. The zero-order valence-electron chi connectivity index (χ0n) is 15.6. The van der Waals surface area contributed by atoms with E-state index in [4.69, 9.17) is 0 Å². The van der Waals surface area contributed by atoms with Crippen molar-refractivity contribution in [3.8, 4) is 0 Å². The van der Waals surface area contributed by atoms with Crippen molar-refractivity contribution in [2.24, 2.45) is 17.8 Å². The van der Waals surface area contributed by atoms with Crippen molar-refractivity contribution in [3.63, 3.8) is 0 Å². The number of carbonyl (C=O) groups is 1. The maximum atomic E-state index is 13.0. The van der Waals surface area contributed by atoms with Gasteiger partial charge in [0.25, 0.3) is 11.5 Å². The number of aromatic nitrogens is 2. The molecular weight excluding hydrogens is 326 g/mol.